The van der Waals surface area contributed by atoms with Crippen molar-refractivity contribution in [2.24, 2.45) is 0 Å². The number of thioether (sulfide) groups is 1. The summed E-state index contributed by atoms with van der Waals surface area (Å²) in [6.45, 7) is 0. The van der Waals surface area contributed by atoms with Gasteiger partial charge in [-0.3, -0.25) is 4.79 Å². The molecule has 0 fully saturated rings. The topological polar surface area (TPSA) is 17.1 Å². The molecule has 1 aromatic carbocycles. The summed E-state index contributed by atoms with van der Waals surface area (Å²) in [5, 5.41) is 0. The van der Waals surface area contributed by atoms with Crippen LogP contribution in [-0.2, 0) is 11.2 Å². The number of ketones is 1. The van der Waals surface area contributed by atoms with Crippen LogP contribution >= 0.6 is 11.8 Å². The van der Waals surface area contributed by atoms with E-state index in [1.807, 2.05) is 18.2 Å². The van der Waals surface area contributed by atoms with E-state index in [4.69, 9.17) is 0 Å². The minimum Gasteiger partial charge on any atom is -0.292 e. The SMILES string of the molecule is O=C(CSCCc1ccccc1)C(F)(F)C(F)(F)F. The summed E-state index contributed by atoms with van der Waals surface area (Å²) in [6, 6.07) is 9.02. The third kappa shape index (κ3) is 4.49. The predicted octanol–water partition coefficient (Wildman–Crippen LogP) is 3.73. The molecule has 19 heavy (non-hydrogen) atoms. The molecule has 0 unspecified atom stereocenters. The van der Waals surface area contributed by atoms with Crippen LogP contribution < -0.4 is 0 Å². The van der Waals surface area contributed by atoms with Gasteiger partial charge in [-0.1, -0.05) is 30.3 Å². The first kappa shape index (κ1) is 15.9. The molecule has 0 atom stereocenters. The lowest BCUT2D eigenvalue weighted by atomic mass is 10.2. The summed E-state index contributed by atoms with van der Waals surface area (Å²) in [7, 11) is 0. The van der Waals surface area contributed by atoms with Crippen LogP contribution in [0.15, 0.2) is 30.3 Å². The van der Waals surface area contributed by atoms with E-state index < -0.39 is 23.6 Å². The first-order valence-corrected chi connectivity index (χ1v) is 6.50. The third-order valence-electron chi connectivity index (χ3n) is 2.32. The van der Waals surface area contributed by atoms with Gasteiger partial charge in [-0.2, -0.15) is 33.7 Å². The van der Waals surface area contributed by atoms with E-state index in [2.05, 4.69) is 0 Å². The summed E-state index contributed by atoms with van der Waals surface area (Å²) in [5.74, 6) is -7.89. The quantitative estimate of drug-likeness (QED) is 0.588. The molecule has 0 spiro atoms. The largest absolute Gasteiger partial charge is 0.461 e. The van der Waals surface area contributed by atoms with Crippen LogP contribution in [0.1, 0.15) is 5.56 Å². The number of rotatable bonds is 6. The Bertz CT molecular complexity index is 416. The number of aryl methyl sites for hydroxylation is 1. The molecule has 0 amide bonds. The molecule has 0 aliphatic carbocycles. The average molecular weight is 298 g/mol. The number of Topliss-reactive ketones (excluding diaryl/α,β-unsaturated/α-hetero) is 1. The van der Waals surface area contributed by atoms with Crippen molar-refractivity contribution in [3.63, 3.8) is 0 Å². The summed E-state index contributed by atoms with van der Waals surface area (Å²) in [6.07, 6.45) is -5.31. The van der Waals surface area contributed by atoms with Gasteiger partial charge in [-0.15, -0.1) is 0 Å². The van der Waals surface area contributed by atoms with Gasteiger partial charge in [0.05, 0.1) is 5.75 Å². The first-order chi connectivity index (χ1) is 8.75. The third-order valence-corrected chi connectivity index (χ3v) is 3.28. The van der Waals surface area contributed by atoms with Gasteiger partial charge in [0.1, 0.15) is 0 Å². The molecule has 1 aromatic rings. The number of benzene rings is 1. The molecule has 0 N–H and O–H groups in total. The van der Waals surface area contributed by atoms with Gasteiger partial charge >= 0.3 is 12.1 Å². The van der Waals surface area contributed by atoms with Gasteiger partial charge in [-0.25, -0.2) is 0 Å². The number of hydrogen-bond donors (Lipinski definition) is 0. The van der Waals surface area contributed by atoms with Crippen molar-refractivity contribution in [3.05, 3.63) is 35.9 Å². The zero-order valence-corrected chi connectivity index (χ0v) is 10.5. The zero-order valence-electron chi connectivity index (χ0n) is 9.71. The van der Waals surface area contributed by atoms with Crippen LogP contribution in [0.25, 0.3) is 0 Å². The van der Waals surface area contributed by atoms with E-state index in [1.165, 1.54) is 0 Å². The molecule has 0 saturated heterocycles. The smallest absolute Gasteiger partial charge is 0.292 e. The van der Waals surface area contributed by atoms with Gasteiger partial charge in [0.2, 0.25) is 5.78 Å². The van der Waals surface area contributed by atoms with Gasteiger partial charge in [0.15, 0.2) is 0 Å². The van der Waals surface area contributed by atoms with Crippen LogP contribution in [0, 0.1) is 0 Å². The maximum absolute atomic E-state index is 12.6. The molecule has 7 heteroatoms. The highest BCUT2D eigenvalue weighted by Crippen LogP contribution is 2.36. The van der Waals surface area contributed by atoms with E-state index in [0.29, 0.717) is 12.2 Å². The second-order valence-electron chi connectivity index (χ2n) is 3.78. The lowest BCUT2D eigenvalue weighted by Gasteiger charge is -2.17. The summed E-state index contributed by atoms with van der Waals surface area (Å²) in [4.78, 5) is 10.8. The number of carbonyl (C=O) groups excluding carboxylic acids is 1. The Balaban J connectivity index is 2.36. The van der Waals surface area contributed by atoms with Crippen molar-refractivity contribution < 1.29 is 26.7 Å². The van der Waals surface area contributed by atoms with Gasteiger partial charge in [0.25, 0.3) is 0 Å². The fourth-order valence-electron chi connectivity index (χ4n) is 1.25. The normalized spacial score (nSPS) is 12.5. The Labute approximate surface area is 111 Å². The van der Waals surface area contributed by atoms with Crippen molar-refractivity contribution in [1.29, 1.82) is 0 Å². The van der Waals surface area contributed by atoms with Gasteiger partial charge < -0.3 is 0 Å². The Hall–Kier alpha value is -1.11. The Kier molecular flexibility index (Phi) is 5.34. The first-order valence-electron chi connectivity index (χ1n) is 5.34. The molecule has 0 bridgehead atoms. The lowest BCUT2D eigenvalue weighted by molar-refractivity contribution is -0.267. The average Bonchev–Trinajstić information content (AvgIpc) is 2.34. The van der Waals surface area contributed by atoms with Gasteiger partial charge in [-0.05, 0) is 17.7 Å². The van der Waals surface area contributed by atoms with Crippen molar-refractivity contribution in [1.82, 2.24) is 0 Å². The molecule has 0 radical (unpaired) electrons. The van der Waals surface area contributed by atoms with Crippen molar-refractivity contribution in [2.45, 2.75) is 18.5 Å². The number of carbonyl (C=O) groups is 1. The summed E-state index contributed by atoms with van der Waals surface area (Å²) >= 11 is 0.770. The molecule has 106 valence electrons. The summed E-state index contributed by atoms with van der Waals surface area (Å²) in [5.41, 5.74) is 0.935. The van der Waals surface area contributed by atoms with Gasteiger partial charge in [0, 0.05) is 0 Å². The highest BCUT2D eigenvalue weighted by Gasteiger charge is 2.62. The van der Waals surface area contributed by atoms with Crippen molar-refractivity contribution in [3.8, 4) is 0 Å². The number of halogens is 5. The highest BCUT2D eigenvalue weighted by atomic mass is 32.2. The molecule has 0 saturated carbocycles. The van der Waals surface area contributed by atoms with E-state index >= 15 is 0 Å². The standard InChI is InChI=1S/C12H11F5OS/c13-11(14,12(15,16)17)10(18)8-19-7-6-9-4-2-1-3-5-9/h1-5H,6-8H2. The molecule has 0 aliphatic rings. The molecular formula is C12H11F5OS. The van der Waals surface area contributed by atoms with Crippen molar-refractivity contribution >= 4 is 17.5 Å². The minimum atomic E-state index is -5.82. The fourth-order valence-corrected chi connectivity index (χ4v) is 2.14. The van der Waals surface area contributed by atoms with Crippen LogP contribution in [0.5, 0.6) is 0 Å². The lowest BCUT2D eigenvalue weighted by Crippen LogP contribution is -2.45. The zero-order chi connectivity index (χ0) is 14.5. The Morgan fingerprint density at radius 2 is 1.63 bits per heavy atom. The maximum Gasteiger partial charge on any atom is 0.461 e. The fraction of sp³-hybridized carbons (Fsp3) is 0.417. The molecule has 0 heterocycles. The van der Waals surface area contributed by atoms with Crippen LogP contribution in [0.2, 0.25) is 0 Å². The maximum atomic E-state index is 12.6. The van der Waals surface area contributed by atoms with E-state index in [0.717, 1.165) is 17.3 Å². The van der Waals surface area contributed by atoms with Crippen LogP contribution in [0.4, 0.5) is 22.0 Å². The Morgan fingerprint density at radius 3 is 2.16 bits per heavy atom. The van der Waals surface area contributed by atoms with Crippen molar-refractivity contribution in [2.75, 3.05) is 11.5 Å². The minimum absolute atomic E-state index is 0.309. The Morgan fingerprint density at radius 1 is 1.05 bits per heavy atom. The van der Waals surface area contributed by atoms with E-state index in [-0.39, 0.29) is 0 Å². The van der Waals surface area contributed by atoms with Crippen LogP contribution in [0.3, 0.4) is 0 Å². The van der Waals surface area contributed by atoms with E-state index in [1.54, 1.807) is 12.1 Å². The molecular weight excluding hydrogens is 287 g/mol. The summed E-state index contributed by atoms with van der Waals surface area (Å²) < 4.78 is 60.8. The number of hydrogen-bond acceptors (Lipinski definition) is 2. The molecule has 1 nitrogen and oxygen atoms in total. The second kappa shape index (κ2) is 6.36. The number of alkyl halides is 5. The molecule has 1 rings (SSSR count). The molecule has 0 aromatic heterocycles. The van der Waals surface area contributed by atoms with E-state index in [9.17, 15) is 26.7 Å². The molecule has 0 aliphatic heterocycles. The van der Waals surface area contributed by atoms with Crippen LogP contribution in [-0.4, -0.2) is 29.4 Å². The predicted molar refractivity (Wildman–Crippen MR) is 63.5 cm³/mol. The second-order valence-corrected chi connectivity index (χ2v) is 4.89. The highest BCUT2D eigenvalue weighted by molar-refractivity contribution is 7.99. The monoisotopic (exact) mass is 298 g/mol.